The molecule has 208 valence electrons. The van der Waals surface area contributed by atoms with Crippen molar-refractivity contribution in [2.45, 2.75) is 85.4 Å². The monoisotopic (exact) mass is 527 g/mol. The predicted molar refractivity (Wildman–Crippen MR) is 146 cm³/mol. The second kappa shape index (κ2) is 11.4. The topological polar surface area (TPSA) is 116 Å². The fourth-order valence-electron chi connectivity index (χ4n) is 4.16. The van der Waals surface area contributed by atoms with Crippen molar-refractivity contribution in [3.63, 3.8) is 0 Å². The predicted octanol–water partition coefficient (Wildman–Crippen LogP) is 5.62. The van der Waals surface area contributed by atoms with Crippen LogP contribution in [0.5, 0.6) is 0 Å². The van der Waals surface area contributed by atoms with E-state index in [-0.39, 0.29) is 12.0 Å². The summed E-state index contributed by atoms with van der Waals surface area (Å²) in [6, 6.07) is 1.81. The third kappa shape index (κ3) is 7.23. The number of carbonyl (C=O) groups excluding carboxylic acids is 2. The van der Waals surface area contributed by atoms with Gasteiger partial charge in [0.2, 0.25) is 0 Å². The van der Waals surface area contributed by atoms with E-state index in [4.69, 9.17) is 14.5 Å². The van der Waals surface area contributed by atoms with Gasteiger partial charge in [-0.05, 0) is 54.4 Å². The van der Waals surface area contributed by atoms with Crippen molar-refractivity contribution >= 4 is 23.7 Å². The first kappa shape index (κ1) is 28.9. The lowest BCUT2D eigenvalue weighted by Gasteiger charge is -2.34. The summed E-state index contributed by atoms with van der Waals surface area (Å²) in [5.41, 5.74) is 1.77. The van der Waals surface area contributed by atoms with Crippen LogP contribution < -0.4 is 5.32 Å². The standard InChI is InChI=1S/C25H35N7O4.C2H6/c1-24(2,3)35-22(33)29-20-11-19(16-9-8-10-31(15-16)23(34)36-25(4,5)6)28-21-18(13-27-32(20)21)17-12-26-30(7)14-17;1-2/h11-14,16H,8-10,15H2,1-7H3,(H,29,33);1-2H3. The highest BCUT2D eigenvalue weighted by Gasteiger charge is 2.30. The van der Waals surface area contributed by atoms with Crippen LogP contribution in [0.3, 0.4) is 0 Å². The number of nitrogens with zero attached hydrogens (tertiary/aromatic N) is 6. The average molecular weight is 528 g/mol. The number of ether oxygens (including phenoxy) is 2. The number of aromatic nitrogens is 5. The number of anilines is 1. The van der Waals surface area contributed by atoms with Crippen molar-refractivity contribution in [1.82, 2.24) is 29.3 Å². The van der Waals surface area contributed by atoms with Crippen molar-refractivity contribution in [3.05, 3.63) is 30.4 Å². The number of piperidine rings is 1. The molecule has 1 fully saturated rings. The minimum atomic E-state index is -0.651. The molecule has 4 heterocycles. The van der Waals surface area contributed by atoms with Gasteiger partial charge >= 0.3 is 12.2 Å². The molecule has 0 saturated carbocycles. The normalized spacial score (nSPS) is 16.0. The SMILES string of the molecule is CC.Cn1cc(-c2cnn3c(NC(=O)OC(C)(C)C)cc(C4CCCN(C(=O)OC(C)(C)C)C4)nc23)cn1. The van der Waals surface area contributed by atoms with E-state index in [1.165, 1.54) is 0 Å². The van der Waals surface area contributed by atoms with E-state index in [1.807, 2.05) is 68.6 Å². The molecule has 0 spiro atoms. The molecule has 0 radical (unpaired) electrons. The highest BCUT2D eigenvalue weighted by Crippen LogP contribution is 2.32. The molecule has 0 bridgehead atoms. The van der Waals surface area contributed by atoms with Crippen LogP contribution in [-0.4, -0.2) is 65.8 Å². The number of rotatable bonds is 3. The Morgan fingerprint density at radius 1 is 1.03 bits per heavy atom. The van der Waals surface area contributed by atoms with Crippen molar-refractivity contribution < 1.29 is 19.1 Å². The summed E-state index contributed by atoms with van der Waals surface area (Å²) in [6.45, 7) is 16.1. The Bertz CT molecular complexity index is 1270. The highest BCUT2D eigenvalue weighted by molar-refractivity contribution is 5.85. The molecule has 11 heteroatoms. The summed E-state index contributed by atoms with van der Waals surface area (Å²) < 4.78 is 14.4. The Labute approximate surface area is 224 Å². The van der Waals surface area contributed by atoms with Gasteiger partial charge in [-0.3, -0.25) is 10.00 Å². The second-order valence-electron chi connectivity index (χ2n) is 11.2. The fraction of sp³-hybridized carbons (Fsp3) is 0.593. The van der Waals surface area contributed by atoms with Gasteiger partial charge in [-0.25, -0.2) is 14.6 Å². The molecular formula is C27H41N7O4. The van der Waals surface area contributed by atoms with Gasteiger partial charge in [-0.2, -0.15) is 14.7 Å². The lowest BCUT2D eigenvalue weighted by Crippen LogP contribution is -2.42. The quantitative estimate of drug-likeness (QED) is 0.470. The van der Waals surface area contributed by atoms with E-state index < -0.39 is 17.3 Å². The summed E-state index contributed by atoms with van der Waals surface area (Å²) in [5, 5.41) is 11.6. The van der Waals surface area contributed by atoms with Crippen LogP contribution >= 0.6 is 0 Å². The molecule has 3 aromatic heterocycles. The van der Waals surface area contributed by atoms with Gasteiger partial charge in [0.1, 0.15) is 17.0 Å². The van der Waals surface area contributed by atoms with Crippen LogP contribution in [0.15, 0.2) is 24.7 Å². The number of nitrogens with one attached hydrogen (secondary N) is 1. The molecule has 0 aliphatic carbocycles. The maximum Gasteiger partial charge on any atom is 0.413 e. The largest absolute Gasteiger partial charge is 0.444 e. The molecule has 4 rings (SSSR count). The molecule has 0 aromatic carbocycles. The summed E-state index contributed by atoms with van der Waals surface area (Å²) in [7, 11) is 1.84. The molecule has 38 heavy (non-hydrogen) atoms. The number of fused-ring (bicyclic) bond motifs is 1. The van der Waals surface area contributed by atoms with E-state index in [9.17, 15) is 9.59 Å². The zero-order valence-electron chi connectivity index (χ0n) is 24.0. The number of likely N-dealkylation sites (tertiary alicyclic amines) is 1. The third-order valence-corrected chi connectivity index (χ3v) is 5.63. The fourth-order valence-corrected chi connectivity index (χ4v) is 4.16. The van der Waals surface area contributed by atoms with Gasteiger partial charge in [0.15, 0.2) is 5.65 Å². The third-order valence-electron chi connectivity index (χ3n) is 5.63. The summed E-state index contributed by atoms with van der Waals surface area (Å²) in [5.74, 6) is 0.404. The first-order chi connectivity index (χ1) is 17.8. The first-order valence-electron chi connectivity index (χ1n) is 13.1. The molecule has 1 saturated heterocycles. The molecule has 1 aliphatic heterocycles. The van der Waals surface area contributed by atoms with Crippen LogP contribution in [0.4, 0.5) is 15.4 Å². The molecule has 1 atom stereocenters. The van der Waals surface area contributed by atoms with E-state index in [0.717, 1.165) is 29.7 Å². The van der Waals surface area contributed by atoms with Gasteiger partial charge in [-0.15, -0.1) is 0 Å². The van der Waals surface area contributed by atoms with E-state index in [1.54, 1.807) is 32.6 Å². The van der Waals surface area contributed by atoms with Gasteiger partial charge in [0, 0.05) is 49.4 Å². The summed E-state index contributed by atoms with van der Waals surface area (Å²) in [6.07, 6.45) is 6.09. The smallest absolute Gasteiger partial charge is 0.413 e. The molecule has 11 nitrogen and oxygen atoms in total. The Morgan fingerprint density at radius 2 is 1.71 bits per heavy atom. The number of amides is 2. The van der Waals surface area contributed by atoms with E-state index in [0.29, 0.717) is 24.6 Å². The lowest BCUT2D eigenvalue weighted by molar-refractivity contribution is 0.0197. The Kier molecular flexibility index (Phi) is 8.68. The second-order valence-corrected chi connectivity index (χ2v) is 11.2. The van der Waals surface area contributed by atoms with Crippen molar-refractivity contribution in [2.24, 2.45) is 7.05 Å². The zero-order valence-corrected chi connectivity index (χ0v) is 24.0. The average Bonchev–Trinajstić information content (AvgIpc) is 3.44. The van der Waals surface area contributed by atoms with E-state index in [2.05, 4.69) is 15.5 Å². The molecule has 3 aromatic rings. The number of carbonyl (C=O) groups is 2. The van der Waals surface area contributed by atoms with Crippen LogP contribution in [0.2, 0.25) is 0 Å². The molecule has 1 unspecified atom stereocenters. The minimum Gasteiger partial charge on any atom is -0.444 e. The molecular weight excluding hydrogens is 486 g/mol. The minimum absolute atomic E-state index is 0.0351. The van der Waals surface area contributed by atoms with Crippen LogP contribution in [0.1, 0.15) is 79.8 Å². The van der Waals surface area contributed by atoms with Gasteiger partial charge in [0.25, 0.3) is 0 Å². The highest BCUT2D eigenvalue weighted by atomic mass is 16.6. The molecule has 2 amide bonds. The molecule has 1 aliphatic rings. The number of hydrogen-bond acceptors (Lipinski definition) is 7. The van der Waals surface area contributed by atoms with Crippen LogP contribution in [0, 0.1) is 0 Å². The van der Waals surface area contributed by atoms with Crippen LogP contribution in [0.25, 0.3) is 16.8 Å². The van der Waals surface area contributed by atoms with Gasteiger partial charge < -0.3 is 14.4 Å². The summed E-state index contributed by atoms with van der Waals surface area (Å²) >= 11 is 0. The maximum atomic E-state index is 12.7. The van der Waals surface area contributed by atoms with Gasteiger partial charge in [0.05, 0.1) is 18.1 Å². The Balaban J connectivity index is 0.00000195. The van der Waals surface area contributed by atoms with Crippen molar-refractivity contribution in [3.8, 4) is 11.1 Å². The number of aryl methyl sites for hydroxylation is 1. The summed E-state index contributed by atoms with van der Waals surface area (Å²) in [4.78, 5) is 32.0. The molecule has 1 N–H and O–H groups in total. The van der Waals surface area contributed by atoms with Crippen molar-refractivity contribution in [2.75, 3.05) is 18.4 Å². The lowest BCUT2D eigenvalue weighted by atomic mass is 9.94. The maximum absolute atomic E-state index is 12.7. The zero-order chi connectivity index (χ0) is 28.3. The Hall–Kier alpha value is -3.63. The first-order valence-corrected chi connectivity index (χ1v) is 13.1. The van der Waals surface area contributed by atoms with E-state index >= 15 is 0 Å². The number of hydrogen-bond donors (Lipinski definition) is 1. The van der Waals surface area contributed by atoms with Crippen LogP contribution in [-0.2, 0) is 16.5 Å². The Morgan fingerprint density at radius 3 is 2.32 bits per heavy atom. The van der Waals surface area contributed by atoms with Crippen molar-refractivity contribution in [1.29, 1.82) is 0 Å². The van der Waals surface area contributed by atoms with Gasteiger partial charge in [-0.1, -0.05) is 13.8 Å².